The summed E-state index contributed by atoms with van der Waals surface area (Å²) in [5.74, 6) is 1.80. The first kappa shape index (κ1) is 15.4. The van der Waals surface area contributed by atoms with E-state index in [9.17, 15) is 0 Å². The summed E-state index contributed by atoms with van der Waals surface area (Å²) in [6.45, 7) is 0.873. The third-order valence-electron chi connectivity index (χ3n) is 4.17. The molecule has 0 radical (unpaired) electrons. The molecule has 0 fully saturated rings. The molecule has 0 aliphatic carbocycles. The number of anilines is 1. The number of rotatable bonds is 3. The predicted octanol–water partition coefficient (Wildman–Crippen LogP) is 4.82. The maximum absolute atomic E-state index is 6.39. The molecule has 0 saturated carbocycles. The van der Waals surface area contributed by atoms with Crippen molar-refractivity contribution in [2.75, 3.05) is 19.0 Å². The van der Waals surface area contributed by atoms with Crippen molar-refractivity contribution in [2.24, 2.45) is 0 Å². The summed E-state index contributed by atoms with van der Waals surface area (Å²) in [6.07, 6.45) is 0.891. The Bertz CT molecular complexity index is 883. The number of ether oxygens (including phenoxy) is 1. The van der Waals surface area contributed by atoms with E-state index in [4.69, 9.17) is 33.0 Å². The smallest absolute Gasteiger partial charge is 0.133 e. The number of fused-ring (bicyclic) bond motifs is 1. The van der Waals surface area contributed by atoms with Gasteiger partial charge in [0.2, 0.25) is 0 Å². The molecule has 1 aliphatic rings. The number of benzene rings is 2. The van der Waals surface area contributed by atoms with E-state index in [-0.39, 0.29) is 0 Å². The Morgan fingerprint density at radius 3 is 2.46 bits per heavy atom. The van der Waals surface area contributed by atoms with Crippen LogP contribution in [0, 0.1) is 0 Å². The largest absolute Gasteiger partial charge is 0.497 e. The van der Waals surface area contributed by atoms with Crippen molar-refractivity contribution in [2.45, 2.75) is 6.42 Å². The van der Waals surface area contributed by atoms with Crippen molar-refractivity contribution >= 4 is 29.0 Å². The second-order valence-electron chi connectivity index (χ2n) is 5.56. The predicted molar refractivity (Wildman–Crippen MR) is 97.8 cm³/mol. The standard InChI is InChI=1S/C18H15Cl2N3O/c1-24-12-7-5-11(6-8-12)23-18-13(9-10-21-18)17(22-23)16-14(19)3-2-4-15(16)20/h2-8,21H,9-10H2,1H3. The summed E-state index contributed by atoms with van der Waals surface area (Å²) in [5, 5.41) is 9.42. The third-order valence-corrected chi connectivity index (χ3v) is 4.80. The van der Waals surface area contributed by atoms with Crippen LogP contribution in [-0.2, 0) is 6.42 Å². The number of halogens is 2. The van der Waals surface area contributed by atoms with Gasteiger partial charge in [0, 0.05) is 17.7 Å². The first-order chi connectivity index (χ1) is 11.7. The van der Waals surface area contributed by atoms with Crippen LogP contribution in [0.2, 0.25) is 10.0 Å². The summed E-state index contributed by atoms with van der Waals surface area (Å²) in [5.41, 5.74) is 3.71. The molecule has 0 saturated heterocycles. The maximum Gasteiger partial charge on any atom is 0.133 e. The molecule has 4 nitrogen and oxygen atoms in total. The minimum absolute atomic E-state index is 0.608. The summed E-state index contributed by atoms with van der Waals surface area (Å²) in [4.78, 5) is 0. The number of aromatic nitrogens is 2. The highest BCUT2D eigenvalue weighted by atomic mass is 35.5. The molecule has 1 N–H and O–H groups in total. The first-order valence-electron chi connectivity index (χ1n) is 7.63. The van der Waals surface area contributed by atoms with Crippen molar-refractivity contribution in [3.8, 4) is 22.7 Å². The number of hydrogen-bond acceptors (Lipinski definition) is 3. The van der Waals surface area contributed by atoms with Crippen molar-refractivity contribution < 1.29 is 4.74 Å². The Hall–Kier alpha value is -2.17. The quantitative estimate of drug-likeness (QED) is 0.728. The van der Waals surface area contributed by atoms with Crippen molar-refractivity contribution in [1.29, 1.82) is 0 Å². The van der Waals surface area contributed by atoms with E-state index in [1.54, 1.807) is 7.11 Å². The Labute approximate surface area is 150 Å². The molecule has 24 heavy (non-hydrogen) atoms. The number of nitrogens with one attached hydrogen (secondary N) is 1. The zero-order chi connectivity index (χ0) is 16.7. The molecule has 6 heteroatoms. The Balaban J connectivity index is 1.89. The van der Waals surface area contributed by atoms with Crippen LogP contribution in [0.3, 0.4) is 0 Å². The molecule has 3 aromatic rings. The van der Waals surface area contributed by atoms with E-state index >= 15 is 0 Å². The van der Waals surface area contributed by atoms with Crippen LogP contribution in [0.4, 0.5) is 5.82 Å². The molecule has 1 aliphatic heterocycles. The van der Waals surface area contributed by atoms with Gasteiger partial charge in [-0.15, -0.1) is 0 Å². The van der Waals surface area contributed by atoms with Crippen LogP contribution < -0.4 is 10.1 Å². The van der Waals surface area contributed by atoms with E-state index in [0.29, 0.717) is 10.0 Å². The number of hydrogen-bond donors (Lipinski definition) is 1. The van der Waals surface area contributed by atoms with Crippen molar-refractivity contribution in [3.05, 3.63) is 58.1 Å². The topological polar surface area (TPSA) is 39.1 Å². The van der Waals surface area contributed by atoms with Crippen molar-refractivity contribution in [3.63, 3.8) is 0 Å². The van der Waals surface area contributed by atoms with E-state index in [2.05, 4.69) is 5.32 Å². The molecule has 0 amide bonds. The minimum atomic E-state index is 0.608. The summed E-state index contributed by atoms with van der Waals surface area (Å²) < 4.78 is 7.12. The van der Waals surface area contributed by atoms with Crippen LogP contribution in [0.5, 0.6) is 5.75 Å². The highest BCUT2D eigenvalue weighted by molar-refractivity contribution is 6.39. The fourth-order valence-corrected chi connectivity index (χ4v) is 3.59. The first-order valence-corrected chi connectivity index (χ1v) is 8.39. The fourth-order valence-electron chi connectivity index (χ4n) is 3.01. The summed E-state index contributed by atoms with van der Waals surface area (Å²) in [6, 6.07) is 13.3. The summed E-state index contributed by atoms with van der Waals surface area (Å²) in [7, 11) is 1.65. The molecular weight excluding hydrogens is 345 g/mol. The van der Waals surface area contributed by atoms with E-state index in [1.165, 1.54) is 0 Å². The lowest BCUT2D eigenvalue weighted by Crippen LogP contribution is -2.04. The average molecular weight is 360 g/mol. The van der Waals surface area contributed by atoms with E-state index in [0.717, 1.165) is 47.0 Å². The maximum atomic E-state index is 6.39. The van der Waals surface area contributed by atoms with Gasteiger partial charge in [-0.25, -0.2) is 4.68 Å². The van der Waals surface area contributed by atoms with Crippen LogP contribution in [-0.4, -0.2) is 23.4 Å². The minimum Gasteiger partial charge on any atom is -0.497 e. The SMILES string of the molecule is COc1ccc(-n2nc(-c3c(Cl)cccc3Cl)c3c2NCC3)cc1. The second kappa shape index (κ2) is 6.04. The zero-order valence-corrected chi connectivity index (χ0v) is 14.5. The van der Waals surface area contributed by atoms with Crippen LogP contribution in [0.25, 0.3) is 16.9 Å². The lowest BCUT2D eigenvalue weighted by Gasteiger charge is -2.08. The Kier molecular flexibility index (Phi) is 3.87. The molecule has 2 aromatic carbocycles. The number of methoxy groups -OCH3 is 1. The molecule has 0 spiro atoms. The van der Waals surface area contributed by atoms with Gasteiger partial charge < -0.3 is 10.1 Å². The Morgan fingerprint density at radius 2 is 1.79 bits per heavy atom. The summed E-state index contributed by atoms with van der Waals surface area (Å²) >= 11 is 12.8. The van der Waals surface area contributed by atoms with Gasteiger partial charge >= 0.3 is 0 Å². The molecule has 4 rings (SSSR count). The highest BCUT2D eigenvalue weighted by Gasteiger charge is 2.26. The van der Waals surface area contributed by atoms with Gasteiger partial charge in [-0.1, -0.05) is 29.3 Å². The molecule has 2 heterocycles. The number of nitrogens with zero attached hydrogens (tertiary/aromatic N) is 2. The van der Waals surface area contributed by atoms with Crippen LogP contribution in [0.1, 0.15) is 5.56 Å². The molecule has 0 unspecified atom stereocenters. The molecule has 1 aromatic heterocycles. The van der Waals surface area contributed by atoms with Crippen molar-refractivity contribution in [1.82, 2.24) is 9.78 Å². The van der Waals surface area contributed by atoms with Crippen LogP contribution in [0.15, 0.2) is 42.5 Å². The molecular formula is C18H15Cl2N3O. The lowest BCUT2D eigenvalue weighted by molar-refractivity contribution is 0.414. The van der Waals surface area contributed by atoms with Gasteiger partial charge in [-0.05, 0) is 42.8 Å². The second-order valence-corrected chi connectivity index (χ2v) is 6.37. The molecule has 0 atom stereocenters. The lowest BCUT2D eigenvalue weighted by atomic mass is 10.1. The third kappa shape index (κ3) is 2.43. The highest BCUT2D eigenvalue weighted by Crippen LogP contribution is 2.40. The Morgan fingerprint density at radius 1 is 1.08 bits per heavy atom. The monoisotopic (exact) mass is 359 g/mol. The normalized spacial score (nSPS) is 12.8. The molecule has 122 valence electrons. The van der Waals surface area contributed by atoms with Gasteiger partial charge in [-0.3, -0.25) is 0 Å². The van der Waals surface area contributed by atoms with Gasteiger partial charge in [0.25, 0.3) is 0 Å². The van der Waals surface area contributed by atoms with Gasteiger partial charge in [0.15, 0.2) is 0 Å². The van der Waals surface area contributed by atoms with Gasteiger partial charge in [0.05, 0.1) is 22.8 Å². The molecule has 0 bridgehead atoms. The van der Waals surface area contributed by atoms with Gasteiger partial charge in [0.1, 0.15) is 17.3 Å². The average Bonchev–Trinajstić information content (AvgIpc) is 3.18. The van der Waals surface area contributed by atoms with E-state index in [1.807, 2.05) is 47.1 Å². The fraction of sp³-hybridized carbons (Fsp3) is 0.167. The van der Waals surface area contributed by atoms with Crippen LogP contribution >= 0.6 is 23.2 Å². The van der Waals surface area contributed by atoms with Gasteiger partial charge in [-0.2, -0.15) is 5.10 Å². The zero-order valence-electron chi connectivity index (χ0n) is 13.0. The van der Waals surface area contributed by atoms with E-state index < -0.39 is 0 Å².